The minimum atomic E-state index is -0.464. The predicted molar refractivity (Wildman–Crippen MR) is 72.1 cm³/mol. The number of nitrogens with one attached hydrogen (secondary N) is 2. The highest BCUT2D eigenvalue weighted by Crippen LogP contribution is 2.28. The summed E-state index contributed by atoms with van der Waals surface area (Å²) in [6.07, 6.45) is 0.771. The summed E-state index contributed by atoms with van der Waals surface area (Å²) in [6.45, 7) is 5.16. The molecular formula is C13H17N3O3. The van der Waals surface area contributed by atoms with Crippen LogP contribution in [0.5, 0.6) is 0 Å². The van der Waals surface area contributed by atoms with Crippen LogP contribution in [0.25, 0.3) is 0 Å². The monoisotopic (exact) mass is 263 g/mol. The van der Waals surface area contributed by atoms with E-state index in [4.69, 9.17) is 0 Å². The number of rotatable bonds is 3. The largest absolute Gasteiger partial charge is 0.325 e. The third-order valence-electron chi connectivity index (χ3n) is 3.60. The summed E-state index contributed by atoms with van der Waals surface area (Å²) >= 11 is 0. The van der Waals surface area contributed by atoms with Gasteiger partial charge in [-0.2, -0.15) is 0 Å². The van der Waals surface area contributed by atoms with Crippen molar-refractivity contribution in [2.24, 2.45) is 5.41 Å². The topological polar surface area (TPSA) is 84.3 Å². The van der Waals surface area contributed by atoms with Crippen LogP contribution in [0.15, 0.2) is 18.2 Å². The second kappa shape index (κ2) is 4.97. The Bertz CT molecular complexity index is 522. The van der Waals surface area contributed by atoms with Gasteiger partial charge in [0, 0.05) is 18.7 Å². The Hall–Kier alpha value is -1.95. The van der Waals surface area contributed by atoms with Crippen LogP contribution in [0.3, 0.4) is 0 Å². The molecular weight excluding hydrogens is 246 g/mol. The average molecular weight is 263 g/mol. The van der Waals surface area contributed by atoms with E-state index in [-0.39, 0.29) is 11.6 Å². The molecule has 1 aliphatic heterocycles. The van der Waals surface area contributed by atoms with E-state index in [0.29, 0.717) is 12.2 Å². The molecule has 6 heteroatoms. The fourth-order valence-corrected chi connectivity index (χ4v) is 2.14. The lowest BCUT2D eigenvalue weighted by Crippen LogP contribution is -2.35. The van der Waals surface area contributed by atoms with Gasteiger partial charge in [0.15, 0.2) is 0 Å². The molecule has 1 aromatic rings. The number of carbonyl (C=O) groups excluding carboxylic acids is 1. The SMILES string of the molecule is Cc1ccc([N+](=O)[O-])cc1NC(=O)C1(C)CCNC1. The lowest BCUT2D eigenvalue weighted by Gasteiger charge is -2.22. The minimum absolute atomic E-state index is 0.0180. The summed E-state index contributed by atoms with van der Waals surface area (Å²) in [5, 5.41) is 16.7. The van der Waals surface area contributed by atoms with Crippen molar-refractivity contribution < 1.29 is 9.72 Å². The van der Waals surface area contributed by atoms with E-state index in [1.165, 1.54) is 12.1 Å². The molecule has 0 bridgehead atoms. The summed E-state index contributed by atoms with van der Waals surface area (Å²) in [5.74, 6) is -0.0962. The number of nitro benzene ring substituents is 1. The summed E-state index contributed by atoms with van der Waals surface area (Å²) in [6, 6.07) is 4.48. The molecule has 0 radical (unpaired) electrons. The van der Waals surface area contributed by atoms with Crippen molar-refractivity contribution in [3.63, 3.8) is 0 Å². The fourth-order valence-electron chi connectivity index (χ4n) is 2.14. The molecule has 6 nitrogen and oxygen atoms in total. The van der Waals surface area contributed by atoms with Crippen LogP contribution in [-0.4, -0.2) is 23.9 Å². The highest BCUT2D eigenvalue weighted by Gasteiger charge is 2.36. The van der Waals surface area contributed by atoms with Crippen molar-refractivity contribution in [1.29, 1.82) is 0 Å². The van der Waals surface area contributed by atoms with Crippen LogP contribution in [0.1, 0.15) is 18.9 Å². The van der Waals surface area contributed by atoms with Crippen LogP contribution in [0.4, 0.5) is 11.4 Å². The van der Waals surface area contributed by atoms with Gasteiger partial charge in [-0.3, -0.25) is 14.9 Å². The minimum Gasteiger partial charge on any atom is -0.325 e. The smallest absolute Gasteiger partial charge is 0.271 e. The van der Waals surface area contributed by atoms with E-state index in [2.05, 4.69) is 10.6 Å². The van der Waals surface area contributed by atoms with Gasteiger partial charge in [0.1, 0.15) is 0 Å². The number of hydrogen-bond acceptors (Lipinski definition) is 4. The van der Waals surface area contributed by atoms with Crippen molar-refractivity contribution in [3.05, 3.63) is 33.9 Å². The molecule has 2 rings (SSSR count). The zero-order valence-electron chi connectivity index (χ0n) is 11.0. The van der Waals surface area contributed by atoms with Gasteiger partial charge in [0.05, 0.1) is 16.0 Å². The normalized spacial score (nSPS) is 22.2. The molecule has 1 saturated heterocycles. The number of hydrogen-bond donors (Lipinski definition) is 2. The van der Waals surface area contributed by atoms with E-state index < -0.39 is 10.3 Å². The van der Waals surface area contributed by atoms with Crippen molar-refractivity contribution in [2.45, 2.75) is 20.3 Å². The fraction of sp³-hybridized carbons (Fsp3) is 0.462. The maximum atomic E-state index is 12.2. The maximum Gasteiger partial charge on any atom is 0.271 e. The predicted octanol–water partition coefficient (Wildman–Crippen LogP) is 1.84. The number of amides is 1. The van der Waals surface area contributed by atoms with Crippen LogP contribution in [-0.2, 0) is 4.79 Å². The van der Waals surface area contributed by atoms with Gasteiger partial charge < -0.3 is 10.6 Å². The zero-order chi connectivity index (χ0) is 14.0. The Kier molecular flexibility index (Phi) is 3.53. The van der Waals surface area contributed by atoms with E-state index in [1.807, 2.05) is 13.8 Å². The molecule has 1 aliphatic rings. The lowest BCUT2D eigenvalue weighted by molar-refractivity contribution is -0.384. The molecule has 0 aliphatic carbocycles. The molecule has 102 valence electrons. The molecule has 1 aromatic carbocycles. The van der Waals surface area contributed by atoms with E-state index in [0.717, 1.165) is 18.5 Å². The van der Waals surface area contributed by atoms with Crippen LogP contribution < -0.4 is 10.6 Å². The molecule has 0 aromatic heterocycles. The standard InChI is InChI=1S/C13H17N3O3/c1-9-3-4-10(16(18)19)7-11(9)15-12(17)13(2)5-6-14-8-13/h3-4,7,14H,5-6,8H2,1-2H3,(H,15,17). The van der Waals surface area contributed by atoms with Crippen molar-refractivity contribution >= 4 is 17.3 Å². The van der Waals surface area contributed by atoms with E-state index in [9.17, 15) is 14.9 Å². The van der Waals surface area contributed by atoms with Crippen LogP contribution >= 0.6 is 0 Å². The highest BCUT2D eigenvalue weighted by molar-refractivity contribution is 5.96. The number of nitro groups is 1. The summed E-state index contributed by atoms with van der Waals surface area (Å²) in [5.41, 5.74) is 0.855. The molecule has 1 heterocycles. The van der Waals surface area contributed by atoms with Crippen LogP contribution in [0.2, 0.25) is 0 Å². The number of aryl methyl sites for hydroxylation is 1. The molecule has 1 fully saturated rings. The Morgan fingerprint density at radius 3 is 2.84 bits per heavy atom. The lowest BCUT2D eigenvalue weighted by atomic mass is 9.88. The Labute approximate surface area is 111 Å². The molecule has 1 unspecified atom stereocenters. The second-order valence-corrected chi connectivity index (χ2v) is 5.20. The van der Waals surface area contributed by atoms with E-state index in [1.54, 1.807) is 6.07 Å². The van der Waals surface area contributed by atoms with Crippen molar-refractivity contribution in [1.82, 2.24) is 5.32 Å². The zero-order valence-corrected chi connectivity index (χ0v) is 11.0. The Morgan fingerprint density at radius 2 is 2.26 bits per heavy atom. The number of nitrogens with zero attached hydrogens (tertiary/aromatic N) is 1. The summed E-state index contributed by atoms with van der Waals surface area (Å²) in [4.78, 5) is 22.5. The first-order valence-corrected chi connectivity index (χ1v) is 6.20. The molecule has 19 heavy (non-hydrogen) atoms. The molecule has 1 atom stereocenters. The van der Waals surface area contributed by atoms with E-state index >= 15 is 0 Å². The van der Waals surface area contributed by atoms with Gasteiger partial charge in [-0.25, -0.2) is 0 Å². The van der Waals surface area contributed by atoms with Gasteiger partial charge in [-0.1, -0.05) is 6.07 Å². The molecule has 0 spiro atoms. The first-order valence-electron chi connectivity index (χ1n) is 6.20. The molecule has 0 saturated carbocycles. The number of non-ortho nitro benzene ring substituents is 1. The van der Waals surface area contributed by atoms with Crippen LogP contribution in [0, 0.1) is 22.5 Å². The van der Waals surface area contributed by atoms with Gasteiger partial charge >= 0.3 is 0 Å². The van der Waals surface area contributed by atoms with Crippen molar-refractivity contribution in [3.8, 4) is 0 Å². The Balaban J connectivity index is 2.20. The number of carbonyl (C=O) groups is 1. The number of anilines is 1. The number of benzene rings is 1. The van der Waals surface area contributed by atoms with Gasteiger partial charge in [-0.05, 0) is 32.4 Å². The second-order valence-electron chi connectivity index (χ2n) is 5.20. The van der Waals surface area contributed by atoms with Gasteiger partial charge in [0.25, 0.3) is 5.69 Å². The highest BCUT2D eigenvalue weighted by atomic mass is 16.6. The van der Waals surface area contributed by atoms with Crippen molar-refractivity contribution in [2.75, 3.05) is 18.4 Å². The van der Waals surface area contributed by atoms with Gasteiger partial charge in [0.2, 0.25) is 5.91 Å². The molecule has 1 amide bonds. The maximum absolute atomic E-state index is 12.2. The Morgan fingerprint density at radius 1 is 1.53 bits per heavy atom. The summed E-state index contributed by atoms with van der Waals surface area (Å²) in [7, 11) is 0. The average Bonchev–Trinajstić information content (AvgIpc) is 2.80. The molecule has 2 N–H and O–H groups in total. The third-order valence-corrected chi connectivity index (χ3v) is 3.60. The quantitative estimate of drug-likeness (QED) is 0.643. The first kappa shape index (κ1) is 13.5. The summed E-state index contributed by atoms with van der Waals surface area (Å²) < 4.78 is 0. The first-order chi connectivity index (χ1) is 8.92. The third kappa shape index (κ3) is 2.73. The van der Waals surface area contributed by atoms with Gasteiger partial charge in [-0.15, -0.1) is 0 Å².